The van der Waals surface area contributed by atoms with E-state index in [-0.39, 0.29) is 12.6 Å². The number of morpholine rings is 1. The standard InChI is InChI=1S/C24H27N7O/c1-14-16(9-25)4-3-5-20(14)15(2)28-24-21-8-19(11-27-23(21)22(10-26)29-30-24)31-17-6-7-18(31)13-32-12-17/h3-5,8,11,15,17-18H,6-7,10,12-13,26H2,1-2H3,(H,28,30)/t15-,17?,18?/m1/s1. The predicted molar refractivity (Wildman–Crippen MR) is 123 cm³/mol. The molecule has 2 unspecified atom stereocenters. The number of nitrogens with one attached hydrogen (secondary N) is 1. The van der Waals surface area contributed by atoms with Crippen LogP contribution in [0.4, 0.5) is 11.5 Å². The fraction of sp³-hybridized carbons (Fsp3) is 0.417. The van der Waals surface area contributed by atoms with Crippen molar-refractivity contribution in [2.45, 2.75) is 51.4 Å². The average molecular weight is 430 g/mol. The van der Waals surface area contributed by atoms with Crippen molar-refractivity contribution in [2.24, 2.45) is 5.73 Å². The van der Waals surface area contributed by atoms with E-state index in [0.717, 1.165) is 53.8 Å². The van der Waals surface area contributed by atoms with Crippen LogP contribution in [-0.2, 0) is 11.3 Å². The van der Waals surface area contributed by atoms with Crippen molar-refractivity contribution in [3.63, 3.8) is 0 Å². The zero-order valence-electron chi connectivity index (χ0n) is 18.4. The van der Waals surface area contributed by atoms with Gasteiger partial charge in [0.25, 0.3) is 0 Å². The summed E-state index contributed by atoms with van der Waals surface area (Å²) in [6, 6.07) is 10.9. The van der Waals surface area contributed by atoms with Crippen LogP contribution in [0.25, 0.3) is 10.9 Å². The molecule has 4 heterocycles. The molecule has 2 aliphatic heterocycles. The van der Waals surface area contributed by atoms with Gasteiger partial charge in [0.2, 0.25) is 0 Å². The lowest BCUT2D eigenvalue weighted by molar-refractivity contribution is 0.0906. The second kappa shape index (κ2) is 8.34. The maximum absolute atomic E-state index is 9.39. The SMILES string of the molecule is Cc1c(C#N)cccc1[C@@H](C)Nc1nnc(CN)c2ncc(N3C4CCC3COC4)cc12. The predicted octanol–water partition coefficient (Wildman–Crippen LogP) is 3.20. The van der Waals surface area contributed by atoms with E-state index in [1.807, 2.05) is 31.3 Å². The average Bonchev–Trinajstić information content (AvgIpc) is 3.07. The van der Waals surface area contributed by atoms with Crippen molar-refractivity contribution < 1.29 is 4.74 Å². The number of fused-ring (bicyclic) bond motifs is 3. The van der Waals surface area contributed by atoms with Crippen LogP contribution in [0.3, 0.4) is 0 Å². The molecule has 8 nitrogen and oxygen atoms in total. The normalized spacial score (nSPS) is 20.9. The molecule has 3 aromatic rings. The molecule has 5 rings (SSSR count). The third kappa shape index (κ3) is 3.44. The van der Waals surface area contributed by atoms with Crippen LogP contribution in [0.2, 0.25) is 0 Å². The zero-order chi connectivity index (χ0) is 22.2. The monoisotopic (exact) mass is 429 g/mol. The first-order chi connectivity index (χ1) is 15.6. The Bertz CT molecular complexity index is 1190. The second-order valence-corrected chi connectivity index (χ2v) is 8.62. The molecule has 2 aliphatic rings. The number of benzene rings is 1. The van der Waals surface area contributed by atoms with E-state index in [1.165, 1.54) is 0 Å². The van der Waals surface area contributed by atoms with Crippen molar-refractivity contribution in [3.8, 4) is 6.07 Å². The molecule has 164 valence electrons. The lowest BCUT2D eigenvalue weighted by Gasteiger charge is -2.36. The Balaban J connectivity index is 1.55. The molecule has 1 aromatic carbocycles. The second-order valence-electron chi connectivity index (χ2n) is 8.62. The Hall–Kier alpha value is -3.28. The number of pyridine rings is 1. The van der Waals surface area contributed by atoms with Gasteiger partial charge in [0.15, 0.2) is 5.82 Å². The third-order valence-corrected chi connectivity index (χ3v) is 6.72. The van der Waals surface area contributed by atoms with E-state index in [2.05, 4.69) is 39.5 Å². The first kappa shape index (κ1) is 20.6. The van der Waals surface area contributed by atoms with Gasteiger partial charge in [-0.25, -0.2) is 0 Å². The third-order valence-electron chi connectivity index (χ3n) is 6.72. The van der Waals surface area contributed by atoms with E-state index in [4.69, 9.17) is 15.5 Å². The molecular formula is C24H27N7O. The van der Waals surface area contributed by atoms with E-state index in [1.54, 1.807) is 0 Å². The van der Waals surface area contributed by atoms with Gasteiger partial charge in [-0.1, -0.05) is 12.1 Å². The van der Waals surface area contributed by atoms with Crippen molar-refractivity contribution in [1.82, 2.24) is 15.2 Å². The molecule has 8 heteroatoms. The topological polar surface area (TPSA) is 113 Å². The van der Waals surface area contributed by atoms with Crippen LogP contribution in [0.15, 0.2) is 30.5 Å². The van der Waals surface area contributed by atoms with Gasteiger partial charge in [-0.05, 0) is 49.9 Å². The Morgan fingerprint density at radius 1 is 1.28 bits per heavy atom. The number of hydrogen-bond donors (Lipinski definition) is 2. The van der Waals surface area contributed by atoms with Crippen molar-refractivity contribution >= 4 is 22.4 Å². The molecule has 0 saturated carbocycles. The molecular weight excluding hydrogens is 402 g/mol. The van der Waals surface area contributed by atoms with Crippen LogP contribution < -0.4 is 16.0 Å². The first-order valence-electron chi connectivity index (χ1n) is 11.1. The van der Waals surface area contributed by atoms with Gasteiger partial charge in [0.05, 0.1) is 60.4 Å². The summed E-state index contributed by atoms with van der Waals surface area (Å²) in [7, 11) is 0. The number of nitrogens with two attached hydrogens (primary N) is 1. The van der Waals surface area contributed by atoms with Crippen LogP contribution >= 0.6 is 0 Å². The Morgan fingerprint density at radius 3 is 2.78 bits per heavy atom. The molecule has 0 spiro atoms. The number of ether oxygens (including phenoxy) is 1. The summed E-state index contributed by atoms with van der Waals surface area (Å²) in [4.78, 5) is 7.21. The summed E-state index contributed by atoms with van der Waals surface area (Å²) in [5, 5.41) is 22.6. The van der Waals surface area contributed by atoms with Crippen LogP contribution in [0.5, 0.6) is 0 Å². The van der Waals surface area contributed by atoms with E-state index < -0.39 is 0 Å². The molecule has 2 bridgehead atoms. The van der Waals surface area contributed by atoms with Crippen LogP contribution in [0.1, 0.15) is 48.2 Å². The van der Waals surface area contributed by atoms with Gasteiger partial charge in [0, 0.05) is 11.9 Å². The Kier molecular flexibility index (Phi) is 5.37. The number of aromatic nitrogens is 3. The van der Waals surface area contributed by atoms with E-state index >= 15 is 0 Å². The highest BCUT2D eigenvalue weighted by Gasteiger charge is 2.37. The Morgan fingerprint density at radius 2 is 2.06 bits per heavy atom. The summed E-state index contributed by atoms with van der Waals surface area (Å²) < 4.78 is 5.75. The summed E-state index contributed by atoms with van der Waals surface area (Å²) >= 11 is 0. The number of nitriles is 1. The number of anilines is 2. The Labute approximate surface area is 187 Å². The lowest BCUT2D eigenvalue weighted by Crippen LogP contribution is -2.46. The van der Waals surface area contributed by atoms with Crippen molar-refractivity contribution in [2.75, 3.05) is 23.4 Å². The molecule has 3 atom stereocenters. The van der Waals surface area contributed by atoms with Crippen LogP contribution in [0, 0.1) is 18.3 Å². The number of nitrogens with zero attached hydrogens (tertiary/aromatic N) is 5. The maximum atomic E-state index is 9.39. The molecule has 2 aromatic heterocycles. The minimum atomic E-state index is -0.0623. The highest BCUT2D eigenvalue weighted by Crippen LogP contribution is 2.36. The molecule has 0 aliphatic carbocycles. The highest BCUT2D eigenvalue weighted by atomic mass is 16.5. The summed E-state index contributed by atoms with van der Waals surface area (Å²) in [5.74, 6) is 0.668. The first-order valence-corrected chi connectivity index (χ1v) is 11.1. The van der Waals surface area contributed by atoms with Crippen molar-refractivity contribution in [3.05, 3.63) is 52.8 Å². The smallest absolute Gasteiger partial charge is 0.158 e. The van der Waals surface area contributed by atoms with Gasteiger partial charge < -0.3 is 20.7 Å². The summed E-state index contributed by atoms with van der Waals surface area (Å²) in [5.41, 5.74) is 11.2. The largest absolute Gasteiger partial charge is 0.377 e. The maximum Gasteiger partial charge on any atom is 0.158 e. The highest BCUT2D eigenvalue weighted by molar-refractivity contribution is 5.92. The summed E-state index contributed by atoms with van der Waals surface area (Å²) in [6.07, 6.45) is 4.21. The van der Waals surface area contributed by atoms with Gasteiger partial charge >= 0.3 is 0 Å². The molecule has 3 N–H and O–H groups in total. The number of rotatable bonds is 5. The molecule has 32 heavy (non-hydrogen) atoms. The number of hydrogen-bond acceptors (Lipinski definition) is 8. The van der Waals surface area contributed by atoms with Gasteiger partial charge in [-0.15, -0.1) is 10.2 Å². The fourth-order valence-corrected chi connectivity index (χ4v) is 5.04. The van der Waals surface area contributed by atoms with Gasteiger partial charge in [-0.2, -0.15) is 5.26 Å². The molecule has 0 amide bonds. The molecule has 2 fully saturated rings. The van der Waals surface area contributed by atoms with Gasteiger partial charge in [-0.3, -0.25) is 4.98 Å². The van der Waals surface area contributed by atoms with Crippen molar-refractivity contribution in [1.29, 1.82) is 5.26 Å². The minimum absolute atomic E-state index is 0.0623. The minimum Gasteiger partial charge on any atom is -0.377 e. The lowest BCUT2D eigenvalue weighted by atomic mass is 9.98. The molecule has 0 radical (unpaired) electrons. The molecule has 2 saturated heterocycles. The van der Waals surface area contributed by atoms with Crippen LogP contribution in [-0.4, -0.2) is 40.5 Å². The fourth-order valence-electron chi connectivity index (χ4n) is 5.04. The van der Waals surface area contributed by atoms with Gasteiger partial charge in [0.1, 0.15) is 5.69 Å². The summed E-state index contributed by atoms with van der Waals surface area (Å²) in [6.45, 7) is 5.83. The zero-order valence-corrected chi connectivity index (χ0v) is 18.4. The van der Waals surface area contributed by atoms with E-state index in [0.29, 0.717) is 29.2 Å². The quantitative estimate of drug-likeness (QED) is 0.636. The van der Waals surface area contributed by atoms with E-state index in [9.17, 15) is 5.26 Å².